The molecule has 0 atom stereocenters. The molecule has 0 saturated heterocycles. The van der Waals surface area contributed by atoms with Gasteiger partial charge in [0.1, 0.15) is 5.82 Å². The van der Waals surface area contributed by atoms with Crippen LogP contribution in [0.5, 0.6) is 0 Å². The largest absolute Gasteiger partial charge is 0.352 e. The van der Waals surface area contributed by atoms with Crippen molar-refractivity contribution in [3.8, 4) is 0 Å². The summed E-state index contributed by atoms with van der Waals surface area (Å²) in [5.74, 6) is -0.574. The van der Waals surface area contributed by atoms with E-state index in [1.807, 2.05) is 6.92 Å². The molecule has 0 aliphatic carbocycles. The van der Waals surface area contributed by atoms with Gasteiger partial charge >= 0.3 is 0 Å². The molecule has 0 aliphatic rings. The molecule has 25 heavy (non-hydrogen) atoms. The molecule has 0 unspecified atom stereocenters. The van der Waals surface area contributed by atoms with E-state index in [2.05, 4.69) is 5.32 Å². The van der Waals surface area contributed by atoms with E-state index in [9.17, 15) is 17.6 Å². The summed E-state index contributed by atoms with van der Waals surface area (Å²) in [6.07, 6.45) is 1.95. The van der Waals surface area contributed by atoms with Crippen molar-refractivity contribution in [1.29, 1.82) is 0 Å². The van der Waals surface area contributed by atoms with Crippen LogP contribution in [-0.4, -0.2) is 27.1 Å². The van der Waals surface area contributed by atoms with E-state index in [1.54, 1.807) is 36.4 Å². The maximum absolute atomic E-state index is 13.0. The summed E-state index contributed by atoms with van der Waals surface area (Å²) in [6.45, 7) is 2.63. The van der Waals surface area contributed by atoms with Crippen LogP contribution in [0.4, 0.5) is 10.1 Å². The molecule has 1 N–H and O–H groups in total. The van der Waals surface area contributed by atoms with Crippen molar-refractivity contribution < 1.29 is 17.6 Å². The lowest BCUT2D eigenvalue weighted by Crippen LogP contribution is -2.29. The van der Waals surface area contributed by atoms with E-state index in [4.69, 9.17) is 0 Å². The van der Waals surface area contributed by atoms with E-state index in [-0.39, 0.29) is 18.3 Å². The lowest BCUT2D eigenvalue weighted by atomic mass is 10.1. The van der Waals surface area contributed by atoms with E-state index in [0.29, 0.717) is 23.4 Å². The van der Waals surface area contributed by atoms with Gasteiger partial charge < -0.3 is 5.32 Å². The first-order valence-electron chi connectivity index (χ1n) is 7.91. The second kappa shape index (κ2) is 8.11. The SMILES string of the molecule is CCCNC(=O)c1ccc(N(Cc2ccc(F)cc2)S(C)(=O)=O)cc1. The van der Waals surface area contributed by atoms with Crippen molar-refractivity contribution in [3.63, 3.8) is 0 Å². The van der Waals surface area contributed by atoms with Crippen molar-refractivity contribution in [1.82, 2.24) is 5.32 Å². The summed E-state index contributed by atoms with van der Waals surface area (Å²) in [5, 5.41) is 2.77. The molecule has 0 aliphatic heterocycles. The molecule has 2 aromatic rings. The topological polar surface area (TPSA) is 66.5 Å². The van der Waals surface area contributed by atoms with Gasteiger partial charge in [0, 0.05) is 12.1 Å². The monoisotopic (exact) mass is 364 g/mol. The summed E-state index contributed by atoms with van der Waals surface area (Å²) in [6, 6.07) is 12.0. The zero-order chi connectivity index (χ0) is 18.4. The molecule has 2 rings (SSSR count). The lowest BCUT2D eigenvalue weighted by Gasteiger charge is -2.22. The van der Waals surface area contributed by atoms with Gasteiger partial charge in [-0.05, 0) is 48.4 Å². The Morgan fingerprint density at radius 3 is 2.20 bits per heavy atom. The highest BCUT2D eigenvalue weighted by Crippen LogP contribution is 2.21. The lowest BCUT2D eigenvalue weighted by molar-refractivity contribution is 0.0953. The first kappa shape index (κ1) is 18.9. The first-order chi connectivity index (χ1) is 11.8. The summed E-state index contributed by atoms with van der Waals surface area (Å²) >= 11 is 0. The Labute approximate surface area is 147 Å². The van der Waals surface area contributed by atoms with Gasteiger partial charge in [0.2, 0.25) is 10.0 Å². The number of carbonyl (C=O) groups is 1. The Morgan fingerprint density at radius 2 is 1.68 bits per heavy atom. The van der Waals surface area contributed by atoms with E-state index < -0.39 is 10.0 Å². The van der Waals surface area contributed by atoms with E-state index in [0.717, 1.165) is 12.7 Å². The van der Waals surface area contributed by atoms with Crippen LogP contribution in [0.3, 0.4) is 0 Å². The Kier molecular flexibility index (Phi) is 6.14. The smallest absolute Gasteiger partial charge is 0.251 e. The molecule has 1 amide bonds. The number of rotatable bonds is 7. The van der Waals surface area contributed by atoms with Crippen LogP contribution in [0.1, 0.15) is 29.3 Å². The predicted molar refractivity (Wildman–Crippen MR) is 96.5 cm³/mol. The number of amides is 1. The van der Waals surface area contributed by atoms with Crippen LogP contribution < -0.4 is 9.62 Å². The summed E-state index contributed by atoms with van der Waals surface area (Å²) in [7, 11) is -3.53. The molecule has 0 heterocycles. The number of nitrogens with one attached hydrogen (secondary N) is 1. The second-order valence-corrected chi connectivity index (χ2v) is 7.61. The van der Waals surface area contributed by atoms with Crippen molar-refractivity contribution >= 4 is 21.6 Å². The van der Waals surface area contributed by atoms with Gasteiger partial charge in [-0.3, -0.25) is 9.10 Å². The standard InChI is InChI=1S/C18H21FN2O3S/c1-3-12-20-18(22)15-6-10-17(11-7-15)21(25(2,23)24)13-14-4-8-16(19)9-5-14/h4-11H,3,12-13H2,1-2H3,(H,20,22). The number of hydrogen-bond acceptors (Lipinski definition) is 3. The molecule has 0 aromatic heterocycles. The average Bonchev–Trinajstić information content (AvgIpc) is 2.58. The van der Waals surface area contributed by atoms with Gasteiger partial charge in [-0.15, -0.1) is 0 Å². The number of halogens is 1. The molecule has 0 bridgehead atoms. The molecular weight excluding hydrogens is 343 g/mol. The molecule has 7 heteroatoms. The molecule has 0 radical (unpaired) electrons. The highest BCUT2D eigenvalue weighted by molar-refractivity contribution is 7.92. The zero-order valence-electron chi connectivity index (χ0n) is 14.2. The van der Waals surface area contributed by atoms with E-state index >= 15 is 0 Å². The fraction of sp³-hybridized carbons (Fsp3) is 0.278. The minimum absolute atomic E-state index is 0.0838. The summed E-state index contributed by atoms with van der Waals surface area (Å²) in [5.41, 5.74) is 1.57. The van der Waals surface area contributed by atoms with Crippen molar-refractivity contribution in [2.45, 2.75) is 19.9 Å². The Bertz CT molecular complexity index is 818. The van der Waals surface area contributed by atoms with Gasteiger partial charge in [0.25, 0.3) is 5.91 Å². The average molecular weight is 364 g/mol. The summed E-state index contributed by atoms with van der Waals surface area (Å²) in [4.78, 5) is 11.9. The van der Waals surface area contributed by atoms with Crippen molar-refractivity contribution in [2.24, 2.45) is 0 Å². The minimum Gasteiger partial charge on any atom is -0.352 e. The number of hydrogen-bond donors (Lipinski definition) is 1. The van der Waals surface area contributed by atoms with Crippen LogP contribution in [0.2, 0.25) is 0 Å². The van der Waals surface area contributed by atoms with Crippen LogP contribution in [0, 0.1) is 5.82 Å². The number of carbonyl (C=O) groups excluding carboxylic acids is 1. The van der Waals surface area contributed by atoms with Crippen molar-refractivity contribution in [3.05, 3.63) is 65.5 Å². The van der Waals surface area contributed by atoms with Crippen LogP contribution in [-0.2, 0) is 16.6 Å². The van der Waals surface area contributed by atoms with Gasteiger partial charge in [0.05, 0.1) is 18.5 Å². The normalized spacial score (nSPS) is 11.2. The molecule has 0 fully saturated rings. The molecule has 0 saturated carbocycles. The molecule has 5 nitrogen and oxygen atoms in total. The highest BCUT2D eigenvalue weighted by atomic mass is 32.2. The molecule has 134 valence electrons. The van der Waals surface area contributed by atoms with Crippen LogP contribution >= 0.6 is 0 Å². The second-order valence-electron chi connectivity index (χ2n) is 5.70. The third kappa shape index (κ3) is 5.29. The number of anilines is 1. The van der Waals surface area contributed by atoms with Gasteiger partial charge in [0.15, 0.2) is 0 Å². The summed E-state index contributed by atoms with van der Waals surface area (Å²) < 4.78 is 38.5. The quantitative estimate of drug-likeness (QED) is 0.821. The Morgan fingerprint density at radius 1 is 1.08 bits per heavy atom. The molecule has 0 spiro atoms. The third-order valence-electron chi connectivity index (χ3n) is 3.59. The van der Waals surface area contributed by atoms with Gasteiger partial charge in [-0.1, -0.05) is 19.1 Å². The number of sulfonamides is 1. The van der Waals surface area contributed by atoms with Crippen LogP contribution in [0.25, 0.3) is 0 Å². The van der Waals surface area contributed by atoms with Gasteiger partial charge in [-0.2, -0.15) is 0 Å². The zero-order valence-corrected chi connectivity index (χ0v) is 15.0. The van der Waals surface area contributed by atoms with E-state index in [1.165, 1.54) is 16.4 Å². The van der Waals surface area contributed by atoms with Gasteiger partial charge in [-0.25, -0.2) is 12.8 Å². The fourth-order valence-corrected chi connectivity index (χ4v) is 3.16. The van der Waals surface area contributed by atoms with Crippen molar-refractivity contribution in [2.75, 3.05) is 17.1 Å². The molecule has 2 aromatic carbocycles. The third-order valence-corrected chi connectivity index (χ3v) is 4.73. The Hall–Kier alpha value is -2.41. The molecular formula is C18H21FN2O3S. The first-order valence-corrected chi connectivity index (χ1v) is 9.76. The maximum atomic E-state index is 13.0. The van der Waals surface area contributed by atoms with Crippen LogP contribution in [0.15, 0.2) is 48.5 Å². The Balaban J connectivity index is 2.23. The fourth-order valence-electron chi connectivity index (χ4n) is 2.28. The predicted octanol–water partition coefficient (Wildman–Crippen LogP) is 2.93. The number of nitrogens with zero attached hydrogens (tertiary/aromatic N) is 1. The highest BCUT2D eigenvalue weighted by Gasteiger charge is 2.18. The minimum atomic E-state index is -3.53. The number of benzene rings is 2. The maximum Gasteiger partial charge on any atom is 0.251 e.